The van der Waals surface area contributed by atoms with Crippen LogP contribution in [0.1, 0.15) is 38.9 Å². The number of anilines is 1. The van der Waals surface area contributed by atoms with Crippen LogP contribution in [0, 0.1) is 0 Å². The Kier molecular flexibility index (Phi) is 5.17. The highest BCUT2D eigenvalue weighted by molar-refractivity contribution is 5.32. The van der Waals surface area contributed by atoms with E-state index in [9.17, 15) is 0 Å². The fourth-order valence-corrected chi connectivity index (χ4v) is 2.75. The normalized spacial score (nSPS) is 16.7. The van der Waals surface area contributed by atoms with E-state index in [2.05, 4.69) is 50.7 Å². The predicted molar refractivity (Wildman–Crippen MR) is 93.7 cm³/mol. The van der Waals surface area contributed by atoms with Gasteiger partial charge in [0.1, 0.15) is 0 Å². The molecule has 136 valence electrons. The predicted octanol–water partition coefficient (Wildman–Crippen LogP) is 1.88. The van der Waals surface area contributed by atoms with Gasteiger partial charge in [-0.3, -0.25) is 4.90 Å². The lowest BCUT2D eigenvalue weighted by molar-refractivity contribution is 0.269. The number of ether oxygens (including phenoxy) is 1. The molecule has 0 radical (unpaired) electrons. The van der Waals surface area contributed by atoms with Crippen LogP contribution in [0.2, 0.25) is 0 Å². The molecule has 3 heterocycles. The summed E-state index contributed by atoms with van der Waals surface area (Å²) in [7, 11) is 1.62. The minimum Gasteiger partial charge on any atom is -0.481 e. The largest absolute Gasteiger partial charge is 0.481 e. The summed E-state index contributed by atoms with van der Waals surface area (Å²) < 4.78 is 10.6. The first kappa shape index (κ1) is 17.6. The van der Waals surface area contributed by atoms with Gasteiger partial charge in [-0.15, -0.1) is 0 Å². The summed E-state index contributed by atoms with van der Waals surface area (Å²) in [5.74, 6) is 2.74. The lowest BCUT2D eigenvalue weighted by atomic mass is 9.97. The molecule has 25 heavy (non-hydrogen) atoms. The third-order valence-corrected chi connectivity index (χ3v) is 4.17. The van der Waals surface area contributed by atoms with E-state index in [1.165, 1.54) is 0 Å². The second-order valence-electron chi connectivity index (χ2n) is 7.28. The van der Waals surface area contributed by atoms with Crippen molar-refractivity contribution in [1.82, 2.24) is 25.0 Å². The molecule has 2 aromatic rings. The monoisotopic (exact) mass is 346 g/mol. The molecule has 2 aromatic heterocycles. The van der Waals surface area contributed by atoms with Gasteiger partial charge in [-0.05, 0) is 6.42 Å². The van der Waals surface area contributed by atoms with Crippen LogP contribution in [-0.4, -0.2) is 58.3 Å². The van der Waals surface area contributed by atoms with E-state index in [1.54, 1.807) is 19.4 Å². The highest BCUT2D eigenvalue weighted by Crippen LogP contribution is 2.20. The second-order valence-corrected chi connectivity index (χ2v) is 7.28. The summed E-state index contributed by atoms with van der Waals surface area (Å²) in [4.78, 5) is 17.9. The standard InChI is InChI=1S/C17H26N6O2/c1-17(2,3)15-19-13(21-25-15)12-22-8-5-9-23(11-10-22)16-18-7-6-14(20-16)24-4/h6-7H,5,8-12H2,1-4H3. The van der Waals surface area contributed by atoms with Crippen molar-refractivity contribution in [1.29, 1.82) is 0 Å². The zero-order valence-corrected chi connectivity index (χ0v) is 15.4. The van der Waals surface area contributed by atoms with Crippen LogP contribution in [0.5, 0.6) is 5.88 Å². The van der Waals surface area contributed by atoms with Crippen molar-refractivity contribution in [3.63, 3.8) is 0 Å². The van der Waals surface area contributed by atoms with Gasteiger partial charge in [-0.25, -0.2) is 4.98 Å². The van der Waals surface area contributed by atoms with Crippen LogP contribution >= 0.6 is 0 Å². The van der Waals surface area contributed by atoms with Crippen molar-refractivity contribution in [2.45, 2.75) is 39.2 Å². The number of aromatic nitrogens is 4. The highest BCUT2D eigenvalue weighted by atomic mass is 16.5. The Morgan fingerprint density at radius 2 is 2.00 bits per heavy atom. The van der Waals surface area contributed by atoms with Crippen molar-refractivity contribution in [3.8, 4) is 5.88 Å². The van der Waals surface area contributed by atoms with Crippen molar-refractivity contribution >= 4 is 5.95 Å². The fourth-order valence-electron chi connectivity index (χ4n) is 2.75. The Morgan fingerprint density at radius 3 is 2.72 bits per heavy atom. The quantitative estimate of drug-likeness (QED) is 0.830. The van der Waals surface area contributed by atoms with Gasteiger partial charge in [-0.1, -0.05) is 25.9 Å². The van der Waals surface area contributed by atoms with Gasteiger partial charge in [0.2, 0.25) is 17.7 Å². The van der Waals surface area contributed by atoms with Gasteiger partial charge in [-0.2, -0.15) is 9.97 Å². The molecular weight excluding hydrogens is 320 g/mol. The number of nitrogens with zero attached hydrogens (tertiary/aromatic N) is 6. The van der Waals surface area contributed by atoms with E-state index < -0.39 is 0 Å². The van der Waals surface area contributed by atoms with Crippen LogP contribution in [0.3, 0.4) is 0 Å². The average Bonchev–Trinajstić information content (AvgIpc) is 2.94. The molecule has 0 spiro atoms. The van der Waals surface area contributed by atoms with E-state index in [-0.39, 0.29) is 5.41 Å². The molecule has 1 fully saturated rings. The molecular formula is C17H26N6O2. The van der Waals surface area contributed by atoms with Gasteiger partial charge < -0.3 is 14.2 Å². The smallest absolute Gasteiger partial charge is 0.232 e. The van der Waals surface area contributed by atoms with Gasteiger partial charge in [0.05, 0.1) is 13.7 Å². The number of hydrogen-bond donors (Lipinski definition) is 0. The maximum absolute atomic E-state index is 5.39. The Balaban J connectivity index is 1.60. The number of methoxy groups -OCH3 is 1. The molecule has 0 atom stereocenters. The zero-order valence-electron chi connectivity index (χ0n) is 15.4. The molecule has 3 rings (SSSR count). The van der Waals surface area contributed by atoms with Crippen LogP contribution < -0.4 is 9.64 Å². The second kappa shape index (κ2) is 7.35. The maximum atomic E-state index is 5.39. The highest BCUT2D eigenvalue weighted by Gasteiger charge is 2.23. The summed E-state index contributed by atoms with van der Waals surface area (Å²) in [5, 5.41) is 4.12. The minimum absolute atomic E-state index is 0.120. The Hall–Kier alpha value is -2.22. The third-order valence-electron chi connectivity index (χ3n) is 4.17. The Morgan fingerprint density at radius 1 is 1.16 bits per heavy atom. The molecule has 0 aliphatic carbocycles. The number of hydrogen-bond acceptors (Lipinski definition) is 8. The molecule has 1 aliphatic rings. The zero-order chi connectivity index (χ0) is 17.9. The molecule has 0 saturated carbocycles. The van der Waals surface area contributed by atoms with Gasteiger partial charge in [0.15, 0.2) is 5.82 Å². The molecule has 0 bridgehead atoms. The van der Waals surface area contributed by atoms with E-state index in [0.717, 1.165) is 44.4 Å². The van der Waals surface area contributed by atoms with Crippen molar-refractivity contribution in [2.24, 2.45) is 0 Å². The molecule has 0 amide bonds. The Bertz CT molecular complexity index is 696. The fraction of sp³-hybridized carbons (Fsp3) is 0.647. The minimum atomic E-state index is -0.120. The maximum Gasteiger partial charge on any atom is 0.232 e. The molecule has 8 heteroatoms. The average molecular weight is 346 g/mol. The Labute approximate surface area is 148 Å². The summed E-state index contributed by atoms with van der Waals surface area (Å²) in [6, 6.07) is 1.76. The van der Waals surface area contributed by atoms with Crippen LogP contribution in [-0.2, 0) is 12.0 Å². The van der Waals surface area contributed by atoms with Gasteiger partial charge in [0.25, 0.3) is 0 Å². The lowest BCUT2D eigenvalue weighted by Crippen LogP contribution is -2.31. The summed E-state index contributed by atoms with van der Waals surface area (Å²) in [6.07, 6.45) is 2.77. The third kappa shape index (κ3) is 4.45. The molecule has 0 aromatic carbocycles. The summed E-state index contributed by atoms with van der Waals surface area (Å²) in [6.45, 7) is 10.6. The lowest BCUT2D eigenvalue weighted by Gasteiger charge is -2.21. The topological polar surface area (TPSA) is 80.4 Å². The molecule has 0 unspecified atom stereocenters. The first-order valence-electron chi connectivity index (χ1n) is 8.63. The summed E-state index contributed by atoms with van der Waals surface area (Å²) in [5.41, 5.74) is -0.120. The van der Waals surface area contributed by atoms with E-state index in [0.29, 0.717) is 18.3 Å². The first-order valence-corrected chi connectivity index (χ1v) is 8.63. The number of rotatable bonds is 4. The summed E-state index contributed by atoms with van der Waals surface area (Å²) >= 11 is 0. The van der Waals surface area contributed by atoms with Crippen LogP contribution in [0.25, 0.3) is 0 Å². The van der Waals surface area contributed by atoms with Gasteiger partial charge in [0, 0.05) is 43.9 Å². The SMILES string of the molecule is COc1ccnc(N2CCCN(Cc3noc(C(C)(C)C)n3)CC2)n1. The van der Waals surface area contributed by atoms with Crippen LogP contribution in [0.15, 0.2) is 16.8 Å². The molecule has 1 saturated heterocycles. The molecule has 1 aliphatic heterocycles. The first-order chi connectivity index (χ1) is 12.0. The molecule has 8 nitrogen and oxygen atoms in total. The van der Waals surface area contributed by atoms with Gasteiger partial charge >= 0.3 is 0 Å². The van der Waals surface area contributed by atoms with Crippen molar-refractivity contribution in [3.05, 3.63) is 24.0 Å². The van der Waals surface area contributed by atoms with E-state index in [4.69, 9.17) is 9.26 Å². The van der Waals surface area contributed by atoms with E-state index in [1.807, 2.05) is 0 Å². The van der Waals surface area contributed by atoms with Crippen molar-refractivity contribution in [2.75, 3.05) is 38.2 Å². The van der Waals surface area contributed by atoms with Crippen LogP contribution in [0.4, 0.5) is 5.95 Å². The van der Waals surface area contributed by atoms with E-state index >= 15 is 0 Å². The van der Waals surface area contributed by atoms with Crippen molar-refractivity contribution < 1.29 is 9.26 Å². The molecule has 0 N–H and O–H groups in total.